The molecule has 0 saturated carbocycles. The van der Waals surface area contributed by atoms with Gasteiger partial charge in [0.05, 0.1) is 7.11 Å². The standard InChI is InChI=1S/C22H25NO5/c1-4-6-17-9-12-19(20(13-17)26-3)27-15-22(25)28-14-21(24)23-18-10-7-16(5-2)8-11-18/h4,7-13H,1,5-6,14-15H2,2-3H3,(H,23,24). The summed E-state index contributed by atoms with van der Waals surface area (Å²) in [7, 11) is 1.52. The quantitative estimate of drug-likeness (QED) is 0.502. The number of hydrogen-bond donors (Lipinski definition) is 1. The fraction of sp³-hybridized carbons (Fsp3) is 0.273. The molecule has 0 heterocycles. The van der Waals surface area contributed by atoms with Crippen LogP contribution in [0.2, 0.25) is 0 Å². The van der Waals surface area contributed by atoms with E-state index >= 15 is 0 Å². The van der Waals surface area contributed by atoms with Crippen molar-refractivity contribution in [2.45, 2.75) is 19.8 Å². The van der Waals surface area contributed by atoms with Gasteiger partial charge in [0.1, 0.15) is 0 Å². The largest absolute Gasteiger partial charge is 0.493 e. The first kappa shape index (κ1) is 21.0. The Labute approximate surface area is 165 Å². The summed E-state index contributed by atoms with van der Waals surface area (Å²) in [4.78, 5) is 23.7. The summed E-state index contributed by atoms with van der Waals surface area (Å²) < 4.78 is 15.7. The third-order valence-corrected chi connectivity index (χ3v) is 3.96. The zero-order valence-corrected chi connectivity index (χ0v) is 16.2. The average molecular weight is 383 g/mol. The second-order valence-corrected chi connectivity index (χ2v) is 6.03. The Bertz CT molecular complexity index is 814. The molecule has 148 valence electrons. The SMILES string of the molecule is C=CCc1ccc(OCC(=O)OCC(=O)Nc2ccc(CC)cc2)c(OC)c1. The van der Waals surface area contributed by atoms with Crippen molar-refractivity contribution in [1.82, 2.24) is 0 Å². The maximum absolute atomic E-state index is 11.9. The Morgan fingerprint density at radius 2 is 1.75 bits per heavy atom. The highest BCUT2D eigenvalue weighted by atomic mass is 16.6. The Morgan fingerprint density at radius 1 is 1.04 bits per heavy atom. The van der Waals surface area contributed by atoms with Crippen molar-refractivity contribution in [1.29, 1.82) is 0 Å². The van der Waals surface area contributed by atoms with E-state index in [-0.39, 0.29) is 13.2 Å². The van der Waals surface area contributed by atoms with E-state index in [1.54, 1.807) is 12.1 Å². The van der Waals surface area contributed by atoms with E-state index in [4.69, 9.17) is 14.2 Å². The van der Waals surface area contributed by atoms with Gasteiger partial charge in [-0.2, -0.15) is 0 Å². The van der Waals surface area contributed by atoms with E-state index in [0.717, 1.165) is 12.0 Å². The number of aryl methyl sites for hydroxylation is 1. The number of allylic oxidation sites excluding steroid dienone is 1. The minimum Gasteiger partial charge on any atom is -0.493 e. The number of carbonyl (C=O) groups is 2. The highest BCUT2D eigenvalue weighted by Gasteiger charge is 2.11. The molecule has 0 aromatic heterocycles. The normalized spacial score (nSPS) is 10.1. The van der Waals surface area contributed by atoms with E-state index < -0.39 is 11.9 Å². The second-order valence-electron chi connectivity index (χ2n) is 6.03. The summed E-state index contributed by atoms with van der Waals surface area (Å²) in [5.74, 6) is -0.120. The molecule has 6 nitrogen and oxygen atoms in total. The molecule has 0 saturated heterocycles. The van der Waals surface area contributed by atoms with Gasteiger partial charge in [-0.25, -0.2) is 4.79 Å². The van der Waals surface area contributed by atoms with Crippen molar-refractivity contribution in [3.63, 3.8) is 0 Å². The van der Waals surface area contributed by atoms with Crippen LogP contribution >= 0.6 is 0 Å². The van der Waals surface area contributed by atoms with Crippen LogP contribution in [-0.4, -0.2) is 32.2 Å². The van der Waals surface area contributed by atoms with Crippen LogP contribution < -0.4 is 14.8 Å². The number of hydrogen-bond acceptors (Lipinski definition) is 5. The first-order valence-electron chi connectivity index (χ1n) is 9.00. The van der Waals surface area contributed by atoms with Gasteiger partial charge in [-0.15, -0.1) is 6.58 Å². The molecule has 2 aromatic rings. The lowest BCUT2D eigenvalue weighted by Crippen LogP contribution is -2.23. The summed E-state index contributed by atoms with van der Waals surface area (Å²) in [6, 6.07) is 12.9. The van der Waals surface area contributed by atoms with Crippen molar-refractivity contribution in [3.8, 4) is 11.5 Å². The van der Waals surface area contributed by atoms with Crippen molar-refractivity contribution in [2.75, 3.05) is 25.6 Å². The smallest absolute Gasteiger partial charge is 0.344 e. The Morgan fingerprint density at radius 3 is 2.39 bits per heavy atom. The van der Waals surface area contributed by atoms with Gasteiger partial charge >= 0.3 is 5.97 Å². The van der Waals surface area contributed by atoms with E-state index in [1.807, 2.05) is 36.4 Å². The molecule has 0 aliphatic heterocycles. The molecule has 0 atom stereocenters. The van der Waals surface area contributed by atoms with Gasteiger partial charge in [-0.1, -0.05) is 31.2 Å². The van der Waals surface area contributed by atoms with Crippen molar-refractivity contribution < 1.29 is 23.8 Å². The maximum atomic E-state index is 11.9. The van der Waals surface area contributed by atoms with Crippen LogP contribution in [0.3, 0.4) is 0 Å². The third-order valence-electron chi connectivity index (χ3n) is 3.96. The second kappa shape index (κ2) is 10.8. The molecule has 0 spiro atoms. The summed E-state index contributed by atoms with van der Waals surface area (Å²) in [6.45, 7) is 5.05. The lowest BCUT2D eigenvalue weighted by atomic mass is 10.1. The number of esters is 1. The highest BCUT2D eigenvalue weighted by molar-refractivity contribution is 5.92. The van der Waals surface area contributed by atoms with Crippen molar-refractivity contribution >= 4 is 17.6 Å². The molecule has 0 radical (unpaired) electrons. The predicted molar refractivity (Wildman–Crippen MR) is 108 cm³/mol. The summed E-state index contributed by atoms with van der Waals surface area (Å²) in [5, 5.41) is 2.67. The number of ether oxygens (including phenoxy) is 3. The minimum atomic E-state index is -0.645. The molecule has 0 unspecified atom stereocenters. The fourth-order valence-electron chi connectivity index (χ4n) is 2.47. The number of anilines is 1. The average Bonchev–Trinajstić information content (AvgIpc) is 2.72. The summed E-state index contributed by atoms with van der Waals surface area (Å²) in [5.41, 5.74) is 2.85. The molecule has 0 fully saturated rings. The van der Waals surface area contributed by atoms with Gasteiger partial charge in [0.2, 0.25) is 0 Å². The summed E-state index contributed by atoms with van der Waals surface area (Å²) >= 11 is 0. The molecular weight excluding hydrogens is 358 g/mol. The minimum absolute atomic E-state index is 0.324. The molecule has 1 amide bonds. The predicted octanol–water partition coefficient (Wildman–Crippen LogP) is 3.55. The van der Waals surface area contributed by atoms with Gasteiger partial charge < -0.3 is 19.5 Å². The molecule has 2 aromatic carbocycles. The molecule has 0 aliphatic rings. The molecule has 28 heavy (non-hydrogen) atoms. The van der Waals surface area contributed by atoms with Crippen LogP contribution in [0.5, 0.6) is 11.5 Å². The number of carbonyl (C=O) groups excluding carboxylic acids is 2. The van der Waals surface area contributed by atoms with Crippen molar-refractivity contribution in [2.24, 2.45) is 0 Å². The van der Waals surface area contributed by atoms with E-state index in [2.05, 4.69) is 18.8 Å². The van der Waals surface area contributed by atoms with Gasteiger partial charge in [-0.3, -0.25) is 4.79 Å². The maximum Gasteiger partial charge on any atom is 0.344 e. The first-order chi connectivity index (χ1) is 13.5. The molecular formula is C22H25NO5. The zero-order chi connectivity index (χ0) is 20.4. The number of methoxy groups -OCH3 is 1. The van der Waals surface area contributed by atoms with Crippen LogP contribution in [0.15, 0.2) is 55.1 Å². The fourth-order valence-corrected chi connectivity index (χ4v) is 2.47. The molecule has 0 bridgehead atoms. The first-order valence-corrected chi connectivity index (χ1v) is 9.00. The molecule has 2 rings (SSSR count). The lowest BCUT2D eigenvalue weighted by Gasteiger charge is -2.12. The Balaban J connectivity index is 1.79. The topological polar surface area (TPSA) is 73.9 Å². The van der Waals surface area contributed by atoms with Crippen LogP contribution in [0, 0.1) is 0 Å². The van der Waals surface area contributed by atoms with E-state index in [0.29, 0.717) is 23.6 Å². The third kappa shape index (κ3) is 6.46. The monoisotopic (exact) mass is 383 g/mol. The molecule has 6 heteroatoms. The van der Waals surface area contributed by atoms with E-state index in [9.17, 15) is 9.59 Å². The summed E-state index contributed by atoms with van der Waals surface area (Å²) in [6.07, 6.45) is 3.42. The Kier molecular flexibility index (Phi) is 8.09. The van der Waals surface area contributed by atoms with Crippen LogP contribution in [0.1, 0.15) is 18.1 Å². The van der Waals surface area contributed by atoms with Crippen LogP contribution in [0.4, 0.5) is 5.69 Å². The van der Waals surface area contributed by atoms with Gasteiger partial charge in [-0.05, 0) is 48.2 Å². The number of amides is 1. The molecule has 1 N–H and O–H groups in total. The van der Waals surface area contributed by atoms with Gasteiger partial charge in [0.15, 0.2) is 24.7 Å². The number of rotatable bonds is 10. The zero-order valence-electron chi connectivity index (χ0n) is 16.2. The van der Waals surface area contributed by atoms with E-state index in [1.165, 1.54) is 12.7 Å². The van der Waals surface area contributed by atoms with Crippen molar-refractivity contribution in [3.05, 3.63) is 66.2 Å². The number of nitrogens with one attached hydrogen (secondary N) is 1. The lowest BCUT2D eigenvalue weighted by molar-refractivity contribution is -0.149. The Hall–Kier alpha value is -3.28. The van der Waals surface area contributed by atoms with Crippen LogP contribution in [0.25, 0.3) is 0 Å². The van der Waals surface area contributed by atoms with Crippen LogP contribution in [-0.2, 0) is 27.2 Å². The van der Waals surface area contributed by atoms with Gasteiger partial charge in [0.25, 0.3) is 5.91 Å². The van der Waals surface area contributed by atoms with Gasteiger partial charge in [0, 0.05) is 5.69 Å². The molecule has 0 aliphatic carbocycles. The highest BCUT2D eigenvalue weighted by Crippen LogP contribution is 2.28. The number of benzene rings is 2.